The van der Waals surface area contributed by atoms with E-state index >= 15 is 0 Å². The molecule has 5 aliphatic carbocycles. The summed E-state index contributed by atoms with van der Waals surface area (Å²) in [7, 11) is 0. The molecule has 1 aromatic heterocycles. The second kappa shape index (κ2) is 13.6. The van der Waals surface area contributed by atoms with Crippen molar-refractivity contribution in [2.24, 2.45) is 23.7 Å². The number of para-hydroxylation sites is 1. The van der Waals surface area contributed by atoms with Crippen molar-refractivity contribution in [3.63, 3.8) is 0 Å². The zero-order valence-corrected chi connectivity index (χ0v) is 35.5. The van der Waals surface area contributed by atoms with Gasteiger partial charge >= 0.3 is 0 Å². The second-order valence-electron chi connectivity index (χ2n) is 20.1. The van der Waals surface area contributed by atoms with Crippen molar-refractivity contribution in [1.82, 2.24) is 4.57 Å². The van der Waals surface area contributed by atoms with Gasteiger partial charge in [-0.05, 0) is 173 Å². The van der Waals surface area contributed by atoms with Gasteiger partial charge in [-0.3, -0.25) is 0 Å². The minimum Gasteiger partial charge on any atom is -0.310 e. The molecule has 4 saturated carbocycles. The highest BCUT2D eigenvalue weighted by Gasteiger charge is 2.42. The van der Waals surface area contributed by atoms with E-state index in [0.717, 1.165) is 35.5 Å². The number of benzene rings is 7. The zero-order valence-electron chi connectivity index (χ0n) is 35.5. The summed E-state index contributed by atoms with van der Waals surface area (Å²) in [5, 5.41) is 2.63. The topological polar surface area (TPSA) is 8.17 Å². The number of anilines is 3. The number of hydrogen-bond donors (Lipinski definition) is 0. The summed E-state index contributed by atoms with van der Waals surface area (Å²) in [6.07, 6.45) is 11.3. The SMILES string of the molecule is CC1(C)c2cc(N(c3ccc(C4CC5CCC4C5)cc3)c3ccc(C4CC5CCC4C5)cc3)ccc2-c2ccc3c4c(-c5ccccc5)cccc4n(-c4ccccc4)c3c21. The van der Waals surface area contributed by atoms with Crippen LogP contribution in [0, 0.1) is 23.7 Å². The molecular formula is C59H54N2. The highest BCUT2D eigenvalue weighted by Crippen LogP contribution is 2.57. The fourth-order valence-corrected chi connectivity index (χ4v) is 13.8. The molecule has 0 amide bonds. The van der Waals surface area contributed by atoms with Crippen LogP contribution in [0.5, 0.6) is 0 Å². The van der Waals surface area contributed by atoms with Gasteiger partial charge in [0.15, 0.2) is 0 Å². The molecule has 13 rings (SSSR count). The summed E-state index contributed by atoms with van der Waals surface area (Å²) in [5.41, 5.74) is 18.3. The Hall–Kier alpha value is -5.86. The smallest absolute Gasteiger partial charge is 0.0588 e. The van der Waals surface area contributed by atoms with Crippen molar-refractivity contribution in [3.8, 4) is 27.9 Å². The van der Waals surface area contributed by atoms with Crippen LogP contribution in [-0.4, -0.2) is 4.57 Å². The molecule has 0 aliphatic heterocycles. The van der Waals surface area contributed by atoms with Crippen LogP contribution in [0.25, 0.3) is 49.7 Å². The quantitative estimate of drug-likeness (QED) is 0.156. The molecule has 1 heterocycles. The Morgan fingerprint density at radius 3 is 1.69 bits per heavy atom. The van der Waals surface area contributed by atoms with Crippen LogP contribution < -0.4 is 4.90 Å². The van der Waals surface area contributed by atoms with E-state index < -0.39 is 0 Å². The van der Waals surface area contributed by atoms with E-state index in [1.807, 2.05) is 0 Å². The van der Waals surface area contributed by atoms with Crippen LogP contribution in [0.15, 0.2) is 158 Å². The molecule has 61 heavy (non-hydrogen) atoms. The van der Waals surface area contributed by atoms with Gasteiger partial charge in [0.05, 0.1) is 11.0 Å². The van der Waals surface area contributed by atoms with E-state index in [-0.39, 0.29) is 5.41 Å². The van der Waals surface area contributed by atoms with Gasteiger partial charge in [-0.15, -0.1) is 0 Å². The third-order valence-electron chi connectivity index (χ3n) is 16.5. The van der Waals surface area contributed by atoms with Crippen LogP contribution >= 0.6 is 0 Å². The first kappa shape index (κ1) is 35.9. The van der Waals surface area contributed by atoms with Gasteiger partial charge in [0.1, 0.15) is 0 Å². The van der Waals surface area contributed by atoms with Gasteiger partial charge in [0.25, 0.3) is 0 Å². The maximum Gasteiger partial charge on any atom is 0.0588 e. The van der Waals surface area contributed by atoms with Crippen molar-refractivity contribution in [2.75, 3.05) is 4.90 Å². The molecule has 0 spiro atoms. The van der Waals surface area contributed by atoms with E-state index in [2.05, 4.69) is 181 Å². The fraction of sp³-hybridized carbons (Fsp3) is 0.288. The van der Waals surface area contributed by atoms with Gasteiger partial charge in [0, 0.05) is 38.9 Å². The lowest BCUT2D eigenvalue weighted by Crippen LogP contribution is -2.18. The predicted octanol–water partition coefficient (Wildman–Crippen LogP) is 16.0. The van der Waals surface area contributed by atoms with E-state index in [0.29, 0.717) is 0 Å². The first-order valence-corrected chi connectivity index (χ1v) is 23.3. The average Bonchev–Trinajstić information content (AvgIpc) is 4.19. The maximum atomic E-state index is 2.55. The number of hydrogen-bond acceptors (Lipinski definition) is 1. The molecule has 0 N–H and O–H groups in total. The minimum absolute atomic E-state index is 0.253. The Bertz CT molecular complexity index is 2900. The molecule has 8 aromatic rings. The molecule has 6 atom stereocenters. The summed E-state index contributed by atoms with van der Waals surface area (Å²) in [6.45, 7) is 4.93. The third kappa shape index (κ3) is 5.46. The third-order valence-corrected chi connectivity index (χ3v) is 16.5. The Balaban J connectivity index is 0.959. The fourth-order valence-electron chi connectivity index (χ4n) is 13.8. The molecule has 0 saturated heterocycles. The maximum absolute atomic E-state index is 2.55. The molecule has 2 heteroatoms. The van der Waals surface area contributed by atoms with E-state index in [1.54, 1.807) is 11.1 Å². The molecule has 6 unspecified atom stereocenters. The monoisotopic (exact) mass is 790 g/mol. The summed E-state index contributed by atoms with van der Waals surface area (Å²) in [6, 6.07) is 60.5. The van der Waals surface area contributed by atoms with Crippen LogP contribution in [0.3, 0.4) is 0 Å². The lowest BCUT2D eigenvalue weighted by Gasteiger charge is -2.30. The molecule has 7 aromatic carbocycles. The Labute approximate surface area is 360 Å². The lowest BCUT2D eigenvalue weighted by molar-refractivity contribution is 0.420. The number of nitrogens with zero attached hydrogens (tertiary/aromatic N) is 2. The number of fused-ring (bicyclic) bond motifs is 11. The van der Waals surface area contributed by atoms with E-state index in [1.165, 1.54) is 129 Å². The largest absolute Gasteiger partial charge is 0.310 e. The van der Waals surface area contributed by atoms with Crippen molar-refractivity contribution < 1.29 is 0 Å². The predicted molar refractivity (Wildman–Crippen MR) is 255 cm³/mol. The normalized spacial score (nSPS) is 24.2. The van der Waals surface area contributed by atoms with E-state index in [4.69, 9.17) is 0 Å². The Morgan fingerprint density at radius 1 is 0.508 bits per heavy atom. The molecule has 4 bridgehead atoms. The van der Waals surface area contributed by atoms with Crippen LogP contribution in [0.4, 0.5) is 17.1 Å². The highest BCUT2D eigenvalue weighted by atomic mass is 15.1. The van der Waals surface area contributed by atoms with Crippen LogP contribution in [-0.2, 0) is 5.41 Å². The van der Waals surface area contributed by atoms with Crippen molar-refractivity contribution >= 4 is 38.9 Å². The van der Waals surface area contributed by atoms with Crippen molar-refractivity contribution in [2.45, 2.75) is 82.5 Å². The summed E-state index contributed by atoms with van der Waals surface area (Å²) >= 11 is 0. The van der Waals surface area contributed by atoms with Gasteiger partial charge < -0.3 is 9.47 Å². The zero-order chi connectivity index (χ0) is 40.4. The average molecular weight is 791 g/mol. The van der Waals surface area contributed by atoms with Crippen LogP contribution in [0.2, 0.25) is 0 Å². The lowest BCUT2D eigenvalue weighted by atomic mass is 9.81. The second-order valence-corrected chi connectivity index (χ2v) is 20.1. The highest BCUT2D eigenvalue weighted by molar-refractivity contribution is 6.18. The number of aromatic nitrogens is 1. The summed E-state index contributed by atoms with van der Waals surface area (Å²) in [4.78, 5) is 2.54. The minimum atomic E-state index is -0.253. The van der Waals surface area contributed by atoms with Gasteiger partial charge in [-0.1, -0.05) is 130 Å². The molecule has 4 fully saturated rings. The molecular weight excluding hydrogens is 737 g/mol. The molecule has 300 valence electrons. The number of rotatable bonds is 7. The Morgan fingerprint density at radius 2 is 1.10 bits per heavy atom. The first-order chi connectivity index (χ1) is 30.0. The first-order valence-electron chi connectivity index (χ1n) is 23.3. The standard InChI is InChI=1S/C59H54N2/c1-59(2)54-36-47(60(45-24-20-40(21-25-45)52-34-37-16-18-42(52)32-37)46-26-22-41(23-27-46)53-35-38-17-19-43(53)33-38)28-29-49(54)50-30-31-51-56-48(39-10-5-3-6-11-39)14-9-15-55(56)61(58(51)57(50)59)44-12-7-4-8-13-44/h3-15,20-31,36-38,42-43,52-53H,16-19,32-35H2,1-2H3. The van der Waals surface area contributed by atoms with Crippen molar-refractivity contribution in [3.05, 3.63) is 180 Å². The summed E-state index contributed by atoms with van der Waals surface area (Å²) in [5.74, 6) is 5.10. The van der Waals surface area contributed by atoms with Gasteiger partial charge in [0.2, 0.25) is 0 Å². The van der Waals surface area contributed by atoms with Crippen molar-refractivity contribution in [1.29, 1.82) is 0 Å². The van der Waals surface area contributed by atoms with Gasteiger partial charge in [-0.2, -0.15) is 0 Å². The molecule has 2 nitrogen and oxygen atoms in total. The van der Waals surface area contributed by atoms with Gasteiger partial charge in [-0.25, -0.2) is 0 Å². The molecule has 5 aliphatic rings. The van der Waals surface area contributed by atoms with Crippen LogP contribution in [0.1, 0.15) is 99.3 Å². The Kier molecular flexibility index (Phi) is 7.98. The van der Waals surface area contributed by atoms with E-state index in [9.17, 15) is 0 Å². The molecule has 0 radical (unpaired) electrons. The summed E-state index contributed by atoms with van der Waals surface area (Å²) < 4.78 is 2.55.